The molecule has 2 saturated carbocycles. The van der Waals surface area contributed by atoms with E-state index in [-0.39, 0.29) is 11.9 Å². The Morgan fingerprint density at radius 2 is 1.73 bits per heavy atom. The van der Waals surface area contributed by atoms with Crippen molar-refractivity contribution in [3.05, 3.63) is 35.9 Å². The van der Waals surface area contributed by atoms with Crippen molar-refractivity contribution in [2.45, 2.75) is 56.9 Å². The first kappa shape index (κ1) is 23.1. The van der Waals surface area contributed by atoms with Crippen molar-refractivity contribution in [2.75, 3.05) is 13.7 Å². The van der Waals surface area contributed by atoms with Gasteiger partial charge in [-0.1, -0.05) is 37.3 Å². The fourth-order valence-electron chi connectivity index (χ4n) is 5.93. The van der Waals surface area contributed by atoms with E-state index >= 15 is 0 Å². The largest absolute Gasteiger partial charge is 0.523 e. The van der Waals surface area contributed by atoms with Gasteiger partial charge in [0, 0.05) is 0 Å². The van der Waals surface area contributed by atoms with Crippen molar-refractivity contribution in [3.8, 4) is 0 Å². The summed E-state index contributed by atoms with van der Waals surface area (Å²) < 4.78 is 70.7. The summed E-state index contributed by atoms with van der Waals surface area (Å²) in [4.78, 5) is 12.6. The minimum atomic E-state index is -5.66. The van der Waals surface area contributed by atoms with Gasteiger partial charge in [0.05, 0.1) is 19.1 Å². The fourth-order valence-corrected chi connectivity index (χ4v) is 6.50. The Labute approximate surface area is 175 Å². The summed E-state index contributed by atoms with van der Waals surface area (Å²) >= 11 is 0. The number of fused-ring (bicyclic) bond motifs is 2. The molecule has 1 aromatic rings. The zero-order valence-corrected chi connectivity index (χ0v) is 18.1. The lowest BCUT2D eigenvalue weighted by atomic mass is 9.47. The van der Waals surface area contributed by atoms with Gasteiger partial charge in [-0.05, 0) is 61.3 Å². The molecule has 9 heteroatoms. The highest BCUT2D eigenvalue weighted by atomic mass is 32.2. The molecule has 0 aromatic heterocycles. The third-order valence-corrected chi connectivity index (χ3v) is 7.60. The summed E-state index contributed by atoms with van der Waals surface area (Å²) in [5.41, 5.74) is -6.43. The average Bonchev–Trinajstić information content (AvgIpc) is 2.64. The minimum absolute atomic E-state index is 0.0268. The summed E-state index contributed by atoms with van der Waals surface area (Å²) in [7, 11) is -4.30. The first-order valence-electron chi connectivity index (χ1n) is 9.84. The normalized spacial score (nSPS) is 34.4. The van der Waals surface area contributed by atoms with E-state index in [9.17, 15) is 26.4 Å². The van der Waals surface area contributed by atoms with Gasteiger partial charge < -0.3 is 4.74 Å². The van der Waals surface area contributed by atoms with Crippen molar-refractivity contribution in [3.63, 3.8) is 0 Å². The molecule has 0 radical (unpaired) electrons. The lowest BCUT2D eigenvalue weighted by Crippen LogP contribution is -2.53. The highest BCUT2D eigenvalue weighted by molar-refractivity contribution is 7.87. The lowest BCUT2D eigenvalue weighted by Gasteiger charge is -2.57. The molecule has 4 unspecified atom stereocenters. The van der Waals surface area contributed by atoms with Crippen LogP contribution in [0, 0.1) is 16.7 Å². The average molecular weight is 449 g/mol. The van der Waals surface area contributed by atoms with Crippen molar-refractivity contribution >= 4 is 16.1 Å². The standard InChI is InChI=1S/C21H27F3O5S/c1-18(14-29-30(26,27)21(22,23)24)9-15-10-19(2,17(25)28-3)13-20(11-15,12-18)16-7-5-4-6-8-16/h4-8,15H,9-14H2,1-3H3. The maximum atomic E-state index is 12.7. The van der Waals surface area contributed by atoms with E-state index in [4.69, 9.17) is 4.74 Å². The monoisotopic (exact) mass is 448 g/mol. The number of carbonyl (C=O) groups excluding carboxylic acids is 1. The van der Waals surface area contributed by atoms with Crippen LogP contribution in [-0.2, 0) is 29.2 Å². The number of rotatable bonds is 5. The maximum absolute atomic E-state index is 12.7. The van der Waals surface area contributed by atoms with E-state index < -0.39 is 38.5 Å². The Balaban J connectivity index is 1.95. The second-order valence-corrected chi connectivity index (χ2v) is 11.1. The van der Waals surface area contributed by atoms with Crippen molar-refractivity contribution in [2.24, 2.45) is 16.7 Å². The summed E-state index contributed by atoms with van der Waals surface area (Å²) in [6.07, 6.45) is 2.69. The van der Waals surface area contributed by atoms with Crippen LogP contribution in [0.15, 0.2) is 30.3 Å². The molecule has 5 nitrogen and oxygen atoms in total. The van der Waals surface area contributed by atoms with Gasteiger partial charge >= 0.3 is 21.6 Å². The molecule has 2 bridgehead atoms. The van der Waals surface area contributed by atoms with Crippen LogP contribution in [0.4, 0.5) is 13.2 Å². The molecular formula is C21H27F3O5S. The van der Waals surface area contributed by atoms with Gasteiger partial charge in [0.15, 0.2) is 0 Å². The van der Waals surface area contributed by atoms with Gasteiger partial charge in [-0.3, -0.25) is 8.98 Å². The lowest BCUT2D eigenvalue weighted by molar-refractivity contribution is -0.160. The molecule has 0 heterocycles. The number of ether oxygens (including phenoxy) is 1. The SMILES string of the molecule is COC(=O)C1(C)CC2CC(C)(COS(=O)(=O)C(F)(F)F)CC(c3ccccc3)(C2)C1. The Bertz CT molecular complexity index is 901. The van der Waals surface area contributed by atoms with Gasteiger partial charge in [0.25, 0.3) is 0 Å². The topological polar surface area (TPSA) is 69.7 Å². The molecule has 0 amide bonds. The number of hydrogen-bond acceptors (Lipinski definition) is 5. The van der Waals surface area contributed by atoms with Crippen molar-refractivity contribution in [1.82, 2.24) is 0 Å². The number of halogens is 3. The number of hydrogen-bond donors (Lipinski definition) is 0. The number of esters is 1. The van der Waals surface area contributed by atoms with Crippen LogP contribution in [0.1, 0.15) is 51.5 Å². The molecule has 0 saturated heterocycles. The van der Waals surface area contributed by atoms with Crippen LogP contribution < -0.4 is 0 Å². The highest BCUT2D eigenvalue weighted by Crippen LogP contribution is 2.61. The number of carbonyl (C=O) groups is 1. The van der Waals surface area contributed by atoms with Gasteiger partial charge in [0.2, 0.25) is 0 Å². The minimum Gasteiger partial charge on any atom is -0.469 e. The molecule has 0 N–H and O–H groups in total. The molecule has 30 heavy (non-hydrogen) atoms. The van der Waals surface area contributed by atoms with E-state index in [0.717, 1.165) is 12.0 Å². The predicted molar refractivity (Wildman–Crippen MR) is 104 cm³/mol. The molecule has 3 rings (SSSR count). The summed E-state index contributed by atoms with van der Waals surface area (Å²) in [6.45, 7) is 3.09. The van der Waals surface area contributed by atoms with Crippen LogP contribution in [0.2, 0.25) is 0 Å². The number of methoxy groups -OCH3 is 1. The third-order valence-electron chi connectivity index (χ3n) is 6.60. The van der Waals surface area contributed by atoms with Crippen LogP contribution in [0.5, 0.6) is 0 Å². The second-order valence-electron chi connectivity index (χ2n) is 9.50. The second kappa shape index (κ2) is 7.51. The summed E-state index contributed by atoms with van der Waals surface area (Å²) in [5.74, 6) is -0.272. The molecule has 4 atom stereocenters. The third kappa shape index (κ3) is 4.23. The molecule has 1 aromatic carbocycles. The quantitative estimate of drug-likeness (QED) is 0.375. The molecule has 168 valence electrons. The first-order chi connectivity index (χ1) is 13.7. The highest BCUT2D eigenvalue weighted by Gasteiger charge is 2.57. The van der Waals surface area contributed by atoms with Gasteiger partial charge in [-0.2, -0.15) is 21.6 Å². The number of alkyl halides is 3. The number of benzene rings is 1. The van der Waals surface area contributed by atoms with Crippen molar-refractivity contribution < 1.29 is 35.3 Å². The Hall–Kier alpha value is -1.61. The predicted octanol–water partition coefficient (Wildman–Crippen LogP) is 4.57. The van der Waals surface area contributed by atoms with E-state index in [2.05, 4.69) is 4.18 Å². The molecule has 0 spiro atoms. The fraction of sp³-hybridized carbons (Fsp3) is 0.667. The van der Waals surface area contributed by atoms with Crippen LogP contribution in [-0.4, -0.2) is 33.6 Å². The smallest absolute Gasteiger partial charge is 0.469 e. The van der Waals surface area contributed by atoms with Gasteiger partial charge in [0.1, 0.15) is 0 Å². The Morgan fingerprint density at radius 1 is 1.10 bits per heavy atom. The summed E-state index contributed by atoms with van der Waals surface area (Å²) in [5, 5.41) is 0. The molecule has 2 fully saturated rings. The van der Waals surface area contributed by atoms with E-state index in [0.29, 0.717) is 25.7 Å². The zero-order valence-electron chi connectivity index (χ0n) is 17.3. The molecule has 2 aliphatic carbocycles. The van der Waals surface area contributed by atoms with Crippen LogP contribution >= 0.6 is 0 Å². The van der Waals surface area contributed by atoms with E-state index in [1.807, 2.05) is 37.3 Å². The Morgan fingerprint density at radius 3 is 2.30 bits per heavy atom. The zero-order chi connectivity index (χ0) is 22.4. The van der Waals surface area contributed by atoms with E-state index in [1.165, 1.54) is 7.11 Å². The summed E-state index contributed by atoms with van der Waals surface area (Å²) in [6, 6.07) is 9.57. The first-order valence-corrected chi connectivity index (χ1v) is 11.2. The molecule has 0 aliphatic heterocycles. The van der Waals surface area contributed by atoms with Crippen molar-refractivity contribution in [1.29, 1.82) is 0 Å². The maximum Gasteiger partial charge on any atom is 0.523 e. The van der Waals surface area contributed by atoms with Crippen LogP contribution in [0.25, 0.3) is 0 Å². The molecule has 2 aliphatic rings. The Kier molecular flexibility index (Phi) is 5.77. The van der Waals surface area contributed by atoms with E-state index in [1.54, 1.807) is 6.92 Å². The van der Waals surface area contributed by atoms with Gasteiger partial charge in [-0.25, -0.2) is 0 Å². The van der Waals surface area contributed by atoms with Gasteiger partial charge in [-0.15, -0.1) is 0 Å². The van der Waals surface area contributed by atoms with Crippen LogP contribution in [0.3, 0.4) is 0 Å². The molecular weight excluding hydrogens is 421 g/mol.